The summed E-state index contributed by atoms with van der Waals surface area (Å²) in [5, 5.41) is 0.122. The number of rotatable bonds is 4. The molecule has 5 heteroatoms. The highest BCUT2D eigenvalue weighted by Gasteiger charge is 2.43. The Labute approximate surface area is 176 Å². The zero-order valence-electron chi connectivity index (χ0n) is 17.0. The van der Waals surface area contributed by atoms with Crippen LogP contribution in [0.5, 0.6) is 0 Å². The number of halogens is 1. The smallest absolute Gasteiger partial charge is 0.135 e. The van der Waals surface area contributed by atoms with E-state index in [4.69, 9.17) is 0 Å². The summed E-state index contributed by atoms with van der Waals surface area (Å²) in [6, 6.07) is 12.9. The molecule has 0 radical (unpaired) electrons. The number of benzene rings is 1. The zero-order valence-corrected chi connectivity index (χ0v) is 17.8. The molecule has 2 aliphatic rings. The van der Waals surface area contributed by atoms with Gasteiger partial charge < -0.3 is 0 Å². The van der Waals surface area contributed by atoms with E-state index in [1.54, 1.807) is 18.3 Å². The first-order valence-electron chi connectivity index (χ1n) is 10.2. The third-order valence-electron chi connectivity index (χ3n) is 5.72. The molecule has 2 saturated heterocycles. The van der Waals surface area contributed by atoms with Crippen molar-refractivity contribution in [2.24, 2.45) is 0 Å². The number of pyridine rings is 1. The molecule has 2 atom stereocenters. The van der Waals surface area contributed by atoms with Gasteiger partial charge in [0.15, 0.2) is 0 Å². The molecular formula is C24H27FN2OS. The molecule has 2 unspecified atom stereocenters. The number of ketones is 1. The average Bonchev–Trinajstić information content (AvgIpc) is 2.99. The van der Waals surface area contributed by atoms with Crippen molar-refractivity contribution in [1.82, 2.24) is 9.88 Å². The number of nitrogens with zero attached hydrogens (tertiary/aromatic N) is 2. The van der Waals surface area contributed by atoms with Gasteiger partial charge in [0.05, 0.1) is 11.7 Å². The molecule has 0 saturated carbocycles. The number of Topliss-reactive ketones (excluding diaryl/α,β-unsaturated/α-hetero) is 1. The van der Waals surface area contributed by atoms with Gasteiger partial charge in [0.1, 0.15) is 11.6 Å². The molecule has 2 aromatic rings. The Hall–Kier alpha value is -1.98. The molecule has 0 bridgehead atoms. The topological polar surface area (TPSA) is 33.2 Å². The Morgan fingerprint density at radius 1 is 1.17 bits per heavy atom. The summed E-state index contributed by atoms with van der Waals surface area (Å²) in [5.74, 6) is 0.133. The fraction of sp³-hybridized carbons (Fsp3) is 0.417. The summed E-state index contributed by atoms with van der Waals surface area (Å²) in [7, 11) is 0. The first kappa shape index (κ1) is 20.3. The summed E-state index contributed by atoms with van der Waals surface area (Å²) in [5.41, 5.74) is 2.96. The number of hydrogen-bond donors (Lipinski definition) is 0. The second-order valence-electron chi connectivity index (χ2n) is 8.49. The fourth-order valence-corrected chi connectivity index (χ4v) is 6.11. The third-order valence-corrected chi connectivity index (χ3v) is 7.32. The number of aromatic nitrogens is 1. The number of likely N-dealkylation sites (tertiary alicyclic amines) is 1. The van der Waals surface area contributed by atoms with Crippen molar-refractivity contribution in [3.05, 3.63) is 71.3 Å². The number of carbonyl (C=O) groups is 1. The van der Waals surface area contributed by atoms with Crippen LogP contribution in [0.15, 0.2) is 54.2 Å². The molecule has 1 aromatic heterocycles. The van der Waals surface area contributed by atoms with E-state index in [-0.39, 0.29) is 21.9 Å². The van der Waals surface area contributed by atoms with Gasteiger partial charge in [-0.1, -0.05) is 43.7 Å². The maximum absolute atomic E-state index is 14.9. The standard InChI is InChI=1S/C24H27FN2OS/c1-24(2)16-17(15-18-7-5-6-12-26-18)23(29-24)22(20-8-3-4-9-21(20)25)27-13-10-19(28)11-14-27/h3-9,12,15,22-23H,10-11,13-14,16H2,1-2H3. The predicted octanol–water partition coefficient (Wildman–Crippen LogP) is 5.29. The first-order chi connectivity index (χ1) is 13.9. The van der Waals surface area contributed by atoms with Crippen molar-refractivity contribution in [2.45, 2.75) is 49.1 Å². The fourth-order valence-electron chi connectivity index (χ4n) is 4.42. The molecule has 2 fully saturated rings. The lowest BCUT2D eigenvalue weighted by atomic mass is 9.90. The molecule has 29 heavy (non-hydrogen) atoms. The normalized spacial score (nSPS) is 24.7. The molecule has 2 aliphatic heterocycles. The van der Waals surface area contributed by atoms with E-state index in [9.17, 15) is 9.18 Å². The Balaban J connectivity index is 1.76. The minimum Gasteiger partial charge on any atom is -0.300 e. The molecule has 3 heterocycles. The number of thioether (sulfide) groups is 1. The largest absolute Gasteiger partial charge is 0.300 e. The second-order valence-corrected chi connectivity index (χ2v) is 10.3. The van der Waals surface area contributed by atoms with Crippen LogP contribution in [0.1, 0.15) is 50.4 Å². The minimum absolute atomic E-state index is 0.0698. The molecule has 152 valence electrons. The lowest BCUT2D eigenvalue weighted by Crippen LogP contribution is -2.41. The van der Waals surface area contributed by atoms with Crippen molar-refractivity contribution in [3.63, 3.8) is 0 Å². The van der Waals surface area contributed by atoms with E-state index in [0.717, 1.165) is 17.7 Å². The number of piperidine rings is 1. The maximum atomic E-state index is 14.9. The van der Waals surface area contributed by atoms with Crippen LogP contribution in [-0.2, 0) is 4.79 Å². The molecule has 0 N–H and O–H groups in total. The lowest BCUT2D eigenvalue weighted by molar-refractivity contribution is -0.121. The van der Waals surface area contributed by atoms with Crippen molar-refractivity contribution >= 4 is 23.6 Å². The first-order valence-corrected chi connectivity index (χ1v) is 11.1. The Bertz CT molecular complexity index is 902. The average molecular weight is 411 g/mol. The van der Waals surface area contributed by atoms with Gasteiger partial charge in [-0.05, 0) is 30.7 Å². The van der Waals surface area contributed by atoms with Crippen molar-refractivity contribution < 1.29 is 9.18 Å². The van der Waals surface area contributed by atoms with Gasteiger partial charge in [-0.2, -0.15) is 0 Å². The predicted molar refractivity (Wildman–Crippen MR) is 117 cm³/mol. The molecule has 0 spiro atoms. The van der Waals surface area contributed by atoms with Crippen LogP contribution < -0.4 is 0 Å². The Kier molecular flexibility index (Phi) is 5.88. The van der Waals surface area contributed by atoms with E-state index in [1.165, 1.54) is 5.57 Å². The minimum atomic E-state index is -0.170. The Morgan fingerprint density at radius 3 is 2.59 bits per heavy atom. The van der Waals surface area contributed by atoms with Crippen molar-refractivity contribution in [1.29, 1.82) is 0 Å². The van der Waals surface area contributed by atoms with Crippen LogP contribution in [0.25, 0.3) is 6.08 Å². The quantitative estimate of drug-likeness (QED) is 0.685. The van der Waals surface area contributed by atoms with Gasteiger partial charge in [0.25, 0.3) is 0 Å². The van der Waals surface area contributed by atoms with E-state index in [0.29, 0.717) is 31.7 Å². The SMILES string of the molecule is CC1(C)CC(=Cc2ccccn2)C(C(c2ccccc2F)N2CCC(=O)CC2)S1. The van der Waals surface area contributed by atoms with Crippen LogP contribution in [-0.4, -0.2) is 38.8 Å². The number of hydrogen-bond acceptors (Lipinski definition) is 4. The van der Waals surface area contributed by atoms with Crippen LogP contribution in [0.2, 0.25) is 0 Å². The molecule has 1 aromatic carbocycles. The van der Waals surface area contributed by atoms with Crippen molar-refractivity contribution in [2.75, 3.05) is 13.1 Å². The van der Waals surface area contributed by atoms with E-state index >= 15 is 0 Å². The van der Waals surface area contributed by atoms with E-state index in [2.05, 4.69) is 29.8 Å². The highest BCUT2D eigenvalue weighted by Crippen LogP contribution is 2.53. The lowest BCUT2D eigenvalue weighted by Gasteiger charge is -2.38. The third kappa shape index (κ3) is 4.62. The van der Waals surface area contributed by atoms with Gasteiger partial charge in [-0.15, -0.1) is 11.8 Å². The molecule has 0 amide bonds. The van der Waals surface area contributed by atoms with Gasteiger partial charge >= 0.3 is 0 Å². The molecule has 4 rings (SSSR count). The summed E-state index contributed by atoms with van der Waals surface area (Å²) in [4.78, 5) is 18.6. The zero-order chi connectivity index (χ0) is 20.4. The molecular weight excluding hydrogens is 383 g/mol. The molecule has 3 nitrogen and oxygen atoms in total. The monoisotopic (exact) mass is 410 g/mol. The van der Waals surface area contributed by atoms with Gasteiger partial charge in [0.2, 0.25) is 0 Å². The molecule has 0 aliphatic carbocycles. The summed E-state index contributed by atoms with van der Waals surface area (Å²) in [6.07, 6.45) is 6.02. The van der Waals surface area contributed by atoms with Crippen LogP contribution >= 0.6 is 11.8 Å². The van der Waals surface area contributed by atoms with Crippen LogP contribution in [0, 0.1) is 5.82 Å². The summed E-state index contributed by atoms with van der Waals surface area (Å²) in [6.45, 7) is 5.88. The summed E-state index contributed by atoms with van der Waals surface area (Å²) < 4.78 is 15.0. The highest BCUT2D eigenvalue weighted by molar-refractivity contribution is 8.01. The Morgan fingerprint density at radius 2 is 1.90 bits per heavy atom. The van der Waals surface area contributed by atoms with Crippen molar-refractivity contribution in [3.8, 4) is 0 Å². The van der Waals surface area contributed by atoms with Crippen LogP contribution in [0.3, 0.4) is 0 Å². The van der Waals surface area contributed by atoms with Crippen LogP contribution in [0.4, 0.5) is 4.39 Å². The summed E-state index contributed by atoms with van der Waals surface area (Å²) >= 11 is 1.91. The highest BCUT2D eigenvalue weighted by atomic mass is 32.2. The van der Waals surface area contributed by atoms with Gasteiger partial charge in [-0.3, -0.25) is 14.7 Å². The van der Waals surface area contributed by atoms with E-state index < -0.39 is 0 Å². The van der Waals surface area contributed by atoms with Gasteiger partial charge in [0, 0.05) is 47.7 Å². The second kappa shape index (κ2) is 8.41. The number of carbonyl (C=O) groups excluding carboxylic acids is 1. The van der Waals surface area contributed by atoms with E-state index in [1.807, 2.05) is 42.1 Å². The maximum Gasteiger partial charge on any atom is 0.135 e. The van der Waals surface area contributed by atoms with Gasteiger partial charge in [-0.25, -0.2) is 4.39 Å².